The van der Waals surface area contributed by atoms with Gasteiger partial charge in [-0.15, -0.1) is 6.58 Å². The van der Waals surface area contributed by atoms with E-state index < -0.39 is 0 Å². The van der Waals surface area contributed by atoms with Crippen LogP contribution in [0.25, 0.3) is 0 Å². The third-order valence-corrected chi connectivity index (χ3v) is 0.129. The van der Waals surface area contributed by atoms with Gasteiger partial charge in [-0.1, -0.05) is 6.08 Å². The van der Waals surface area contributed by atoms with E-state index in [4.69, 9.17) is 5.11 Å². The monoisotopic (exact) mass is 59.0 g/mol. The summed E-state index contributed by atoms with van der Waals surface area (Å²) in [5.41, 5.74) is 0. The predicted octanol–water partition coefficient (Wildman–Crippen LogP) is 0.165. The maximum Gasteiger partial charge on any atom is 0.0609 e. The fourth-order valence-electron chi connectivity index (χ4n) is 0. The molecule has 24 valence electrons. The highest BCUT2D eigenvalue weighted by Crippen LogP contribution is 1.46. The lowest BCUT2D eigenvalue weighted by molar-refractivity contribution is 0.343. The SMILES string of the molecule is C=CC[17OH]. The van der Waals surface area contributed by atoms with Crippen LogP contribution in [0.1, 0.15) is 0 Å². The molecular weight excluding hydrogens is 53.0 g/mol. The van der Waals surface area contributed by atoms with Crippen molar-refractivity contribution in [1.82, 2.24) is 0 Å². The van der Waals surface area contributed by atoms with E-state index in [1.807, 2.05) is 0 Å². The molecule has 0 saturated heterocycles. The Labute approximate surface area is 25.6 Å². The van der Waals surface area contributed by atoms with Crippen molar-refractivity contribution in [3.63, 3.8) is 0 Å². The molecule has 0 amide bonds. The van der Waals surface area contributed by atoms with Crippen molar-refractivity contribution >= 4 is 0 Å². The minimum absolute atomic E-state index is 0.0833. The second-order valence-corrected chi connectivity index (χ2v) is 0.471. The quantitative estimate of drug-likeness (QED) is 0.427. The first-order valence-corrected chi connectivity index (χ1v) is 1.13. The Bertz CT molecular complexity index is 17.2. The first-order valence-electron chi connectivity index (χ1n) is 1.13. The van der Waals surface area contributed by atoms with Crippen LogP contribution in [-0.2, 0) is 0 Å². The second kappa shape index (κ2) is 2.70. The molecule has 1 heteroatoms. The molecule has 0 saturated carbocycles. The Morgan fingerprint density at radius 2 is 2.25 bits per heavy atom. The molecule has 1 nitrogen and oxygen atoms in total. The number of hydrogen-bond acceptors (Lipinski definition) is 1. The van der Waals surface area contributed by atoms with Crippen molar-refractivity contribution < 1.29 is 5.11 Å². The van der Waals surface area contributed by atoms with Gasteiger partial charge in [0.1, 0.15) is 0 Å². The van der Waals surface area contributed by atoms with E-state index in [2.05, 4.69) is 6.58 Å². The predicted molar refractivity (Wildman–Crippen MR) is 17.3 cm³/mol. The van der Waals surface area contributed by atoms with Crippen LogP contribution in [0.15, 0.2) is 12.7 Å². The first-order chi connectivity index (χ1) is 1.91. The van der Waals surface area contributed by atoms with Crippen LogP contribution in [-0.4, -0.2) is 11.7 Å². The Kier molecular flexibility index (Phi) is 2.50. The fourth-order valence-corrected chi connectivity index (χ4v) is 0. The lowest BCUT2D eigenvalue weighted by atomic mass is 10.7. The minimum Gasteiger partial charge on any atom is -0.392 e. The minimum atomic E-state index is 0.0833. The van der Waals surface area contributed by atoms with E-state index in [0.29, 0.717) is 0 Å². The van der Waals surface area contributed by atoms with Crippen LogP contribution in [0.4, 0.5) is 0 Å². The van der Waals surface area contributed by atoms with Gasteiger partial charge in [0.05, 0.1) is 6.61 Å². The summed E-state index contributed by atoms with van der Waals surface area (Å²) >= 11 is 0. The van der Waals surface area contributed by atoms with Crippen molar-refractivity contribution in [2.24, 2.45) is 0 Å². The van der Waals surface area contributed by atoms with Crippen LogP contribution in [0.2, 0.25) is 0 Å². The highest BCUT2D eigenvalue weighted by molar-refractivity contribution is 4.60. The molecule has 0 unspecified atom stereocenters. The Morgan fingerprint density at radius 1 is 2.00 bits per heavy atom. The van der Waals surface area contributed by atoms with E-state index in [0.717, 1.165) is 0 Å². The maximum atomic E-state index is 7.76. The summed E-state index contributed by atoms with van der Waals surface area (Å²) in [6.45, 7) is 3.31. The smallest absolute Gasteiger partial charge is 0.0609 e. The normalized spacial score (nSPS) is 6.25. The molecule has 0 aromatic carbocycles. The van der Waals surface area contributed by atoms with Crippen molar-refractivity contribution in [1.29, 1.82) is 0 Å². The molecule has 0 spiro atoms. The Morgan fingerprint density at radius 3 is 2.25 bits per heavy atom. The van der Waals surface area contributed by atoms with Gasteiger partial charge in [0.25, 0.3) is 0 Å². The molecule has 0 fully saturated rings. The first kappa shape index (κ1) is 3.70. The van der Waals surface area contributed by atoms with Gasteiger partial charge in [-0.25, -0.2) is 0 Å². The van der Waals surface area contributed by atoms with Gasteiger partial charge in [0.2, 0.25) is 0 Å². The summed E-state index contributed by atoms with van der Waals surface area (Å²) in [6.07, 6.45) is 1.43. The average Bonchev–Trinajstić information content (AvgIpc) is 1.37. The highest BCUT2D eigenvalue weighted by atomic mass is 17.2. The van der Waals surface area contributed by atoms with Crippen LogP contribution < -0.4 is 0 Å². The van der Waals surface area contributed by atoms with E-state index in [-0.39, 0.29) is 6.61 Å². The van der Waals surface area contributed by atoms with Gasteiger partial charge in [-0.2, -0.15) is 0 Å². The number of hydrogen-bond donors (Lipinski definition) is 1. The molecule has 0 aliphatic heterocycles. The summed E-state index contributed by atoms with van der Waals surface area (Å²) < 4.78 is 0. The van der Waals surface area contributed by atoms with Crippen molar-refractivity contribution in [2.45, 2.75) is 0 Å². The topological polar surface area (TPSA) is 20.2 Å². The average molecular weight is 59.1 g/mol. The second-order valence-electron chi connectivity index (χ2n) is 0.471. The van der Waals surface area contributed by atoms with Gasteiger partial charge < -0.3 is 5.11 Å². The molecule has 0 radical (unpaired) electrons. The van der Waals surface area contributed by atoms with E-state index in [9.17, 15) is 0 Å². The Balaban J connectivity index is 2.30. The summed E-state index contributed by atoms with van der Waals surface area (Å²) in [5.74, 6) is 0. The molecule has 0 atom stereocenters. The van der Waals surface area contributed by atoms with Gasteiger partial charge in [-0.3, -0.25) is 0 Å². The lowest BCUT2D eigenvalue weighted by Gasteiger charge is -1.60. The lowest BCUT2D eigenvalue weighted by Crippen LogP contribution is -1.62. The highest BCUT2D eigenvalue weighted by Gasteiger charge is 1.45. The summed E-state index contributed by atoms with van der Waals surface area (Å²) in [7, 11) is 0. The molecule has 0 bridgehead atoms. The van der Waals surface area contributed by atoms with Crippen molar-refractivity contribution in [3.8, 4) is 0 Å². The molecule has 0 aliphatic carbocycles. The third-order valence-electron chi connectivity index (χ3n) is 0.129. The van der Waals surface area contributed by atoms with Crippen molar-refractivity contribution in [3.05, 3.63) is 12.7 Å². The fraction of sp³-hybridized carbons (Fsp3) is 0.333. The van der Waals surface area contributed by atoms with Gasteiger partial charge in [-0.05, 0) is 0 Å². The maximum absolute atomic E-state index is 7.76. The zero-order valence-electron chi connectivity index (χ0n) is 2.44. The van der Waals surface area contributed by atoms with E-state index in [1.54, 1.807) is 0 Å². The summed E-state index contributed by atoms with van der Waals surface area (Å²) in [5, 5.41) is 7.76. The molecule has 0 heterocycles. The molecule has 0 aliphatic rings. The van der Waals surface area contributed by atoms with E-state index in [1.165, 1.54) is 6.08 Å². The van der Waals surface area contributed by atoms with E-state index >= 15 is 0 Å². The molecule has 0 rings (SSSR count). The zero-order valence-corrected chi connectivity index (χ0v) is 2.44. The number of aliphatic hydroxyl groups is 1. The zero-order chi connectivity index (χ0) is 3.41. The molecule has 4 heavy (non-hydrogen) atoms. The molecular formula is C3H6O. The molecule has 1 N–H and O–H groups in total. The number of rotatable bonds is 1. The van der Waals surface area contributed by atoms with Crippen LogP contribution >= 0.6 is 0 Å². The van der Waals surface area contributed by atoms with Crippen molar-refractivity contribution in [2.75, 3.05) is 6.61 Å². The largest absolute Gasteiger partial charge is 0.392 e. The summed E-state index contributed by atoms with van der Waals surface area (Å²) in [6, 6.07) is 0. The van der Waals surface area contributed by atoms with Crippen LogP contribution in [0, 0.1) is 0 Å². The van der Waals surface area contributed by atoms with Crippen LogP contribution in [0.3, 0.4) is 0 Å². The standard InChI is InChI=1S/C3H6O/c1-2-3-4/h2,4H,1,3H2/i4+1. The van der Waals surface area contributed by atoms with Crippen LogP contribution in [0.5, 0.6) is 0 Å². The van der Waals surface area contributed by atoms with Gasteiger partial charge in [0, 0.05) is 0 Å². The van der Waals surface area contributed by atoms with Gasteiger partial charge >= 0.3 is 0 Å². The molecule has 0 aromatic rings. The Hall–Kier alpha value is -0.300. The third kappa shape index (κ3) is 1.70. The molecule has 0 aromatic heterocycles. The van der Waals surface area contributed by atoms with Gasteiger partial charge in [0.15, 0.2) is 0 Å². The number of aliphatic hydroxyl groups excluding tert-OH is 1. The summed E-state index contributed by atoms with van der Waals surface area (Å²) in [4.78, 5) is 0.